The zero-order valence-corrected chi connectivity index (χ0v) is 15.7. The van der Waals surface area contributed by atoms with Gasteiger partial charge in [-0.25, -0.2) is 0 Å². The molecular weight excluding hydrogens is 278 g/mol. The Hall–Kier alpha value is -0.0100. The minimum Gasteiger partial charge on any atom is -1.00 e. The largest absolute Gasteiger partial charge is 1.00 e. The second kappa shape index (κ2) is 20.0. The molecule has 0 aromatic carbocycles. The van der Waals surface area contributed by atoms with Gasteiger partial charge in [0.2, 0.25) is 0 Å². The van der Waals surface area contributed by atoms with Crippen LogP contribution in [0.15, 0.2) is 12.2 Å². The Balaban J connectivity index is 0. The Kier molecular flexibility index (Phi) is 22.1. The summed E-state index contributed by atoms with van der Waals surface area (Å²) in [5.74, 6) is 0. The second-order valence-electron chi connectivity index (χ2n) is 6.56. The van der Waals surface area contributed by atoms with Crippen molar-refractivity contribution in [3.8, 4) is 0 Å². The van der Waals surface area contributed by atoms with Crippen LogP contribution in [0.3, 0.4) is 0 Å². The minimum absolute atomic E-state index is 0. The average Bonchev–Trinajstić information content (AvgIpc) is 2.43. The van der Waals surface area contributed by atoms with E-state index in [0.29, 0.717) is 0 Å². The van der Waals surface area contributed by atoms with Gasteiger partial charge < -0.3 is 17.3 Å². The summed E-state index contributed by atoms with van der Waals surface area (Å²) >= 11 is 0. The molecule has 0 aromatic heterocycles. The molecule has 0 bridgehead atoms. The van der Waals surface area contributed by atoms with E-state index in [1.807, 2.05) is 0 Å². The highest BCUT2D eigenvalue weighted by Crippen LogP contribution is 2.12. The van der Waals surface area contributed by atoms with Crippen molar-refractivity contribution in [2.45, 2.75) is 90.4 Å². The molecule has 0 aliphatic rings. The van der Waals surface area contributed by atoms with Crippen LogP contribution < -0.4 is 17.3 Å². The summed E-state index contributed by atoms with van der Waals surface area (Å²) in [5.41, 5.74) is 0. The zero-order chi connectivity index (χ0) is 14.9. The number of allylic oxidation sites excluding steroid dienone is 1. The van der Waals surface area contributed by atoms with Crippen LogP contribution in [-0.2, 0) is 0 Å². The molecule has 0 aliphatic heterocycles. The number of unbranched alkanes of at least 4 members (excludes halogenated alkanes) is 12. The van der Waals surface area contributed by atoms with E-state index in [1.54, 1.807) is 0 Å². The van der Waals surface area contributed by atoms with Crippen LogP contribution in [0.1, 0.15) is 90.4 Å². The van der Waals surface area contributed by atoms with Crippen molar-refractivity contribution in [1.82, 2.24) is 0 Å². The van der Waals surface area contributed by atoms with Crippen molar-refractivity contribution in [3.63, 3.8) is 0 Å². The second-order valence-corrected chi connectivity index (χ2v) is 6.56. The number of quaternary nitrogens is 1. The number of likely N-dealkylation sites (N-methyl/N-ethyl adjacent to an activating group) is 1. The van der Waals surface area contributed by atoms with E-state index in [0.717, 1.165) is 6.54 Å². The van der Waals surface area contributed by atoms with Crippen LogP contribution in [0, 0.1) is 0 Å². The molecule has 2 heteroatoms. The summed E-state index contributed by atoms with van der Waals surface area (Å²) in [4.78, 5) is 1.51. The fraction of sp³-hybridized carbons (Fsp3) is 0.895. The van der Waals surface area contributed by atoms with Crippen molar-refractivity contribution >= 4 is 0 Å². The topological polar surface area (TPSA) is 4.44 Å². The molecule has 0 rings (SSSR count). The Labute approximate surface area is 141 Å². The highest BCUT2D eigenvalue weighted by molar-refractivity contribution is 4.80. The number of hydrogen-bond acceptors (Lipinski definition) is 0. The van der Waals surface area contributed by atoms with Crippen LogP contribution in [0.2, 0.25) is 0 Å². The van der Waals surface area contributed by atoms with Crippen molar-refractivity contribution in [2.75, 3.05) is 20.6 Å². The van der Waals surface area contributed by atoms with Gasteiger partial charge in [0.15, 0.2) is 0 Å². The Bertz CT molecular complexity index is 202. The minimum atomic E-state index is 0. The van der Waals surface area contributed by atoms with Crippen molar-refractivity contribution < 1.29 is 17.3 Å². The first kappa shape index (κ1) is 23.3. The van der Waals surface area contributed by atoms with E-state index >= 15 is 0 Å². The maximum Gasteiger partial charge on any atom is 0.0953 e. The Morgan fingerprint density at radius 2 is 1.05 bits per heavy atom. The SMILES string of the molecule is CCCCCCCCCCCCCC/C=C/C[NH+](C)C.[Cl-]. The lowest BCUT2D eigenvalue weighted by Gasteiger charge is -2.02. The lowest BCUT2D eigenvalue weighted by atomic mass is 10.0. The third-order valence-corrected chi connectivity index (χ3v) is 3.92. The van der Waals surface area contributed by atoms with Gasteiger partial charge in [-0.15, -0.1) is 0 Å². The number of halogens is 1. The van der Waals surface area contributed by atoms with Crippen LogP contribution in [0.5, 0.6) is 0 Å². The van der Waals surface area contributed by atoms with E-state index in [9.17, 15) is 0 Å². The molecule has 0 fully saturated rings. The average molecular weight is 318 g/mol. The fourth-order valence-electron chi connectivity index (χ4n) is 2.54. The Morgan fingerprint density at radius 1 is 0.619 bits per heavy atom. The fourth-order valence-corrected chi connectivity index (χ4v) is 2.54. The van der Waals surface area contributed by atoms with Crippen molar-refractivity contribution in [2.24, 2.45) is 0 Å². The van der Waals surface area contributed by atoms with E-state index in [2.05, 4.69) is 33.2 Å². The summed E-state index contributed by atoms with van der Waals surface area (Å²) in [6.45, 7) is 3.46. The monoisotopic (exact) mass is 317 g/mol. The van der Waals surface area contributed by atoms with Gasteiger partial charge in [-0.2, -0.15) is 0 Å². The molecule has 0 aromatic rings. The van der Waals surface area contributed by atoms with Crippen LogP contribution in [0.25, 0.3) is 0 Å². The van der Waals surface area contributed by atoms with Gasteiger partial charge in [-0.3, -0.25) is 0 Å². The summed E-state index contributed by atoms with van der Waals surface area (Å²) in [7, 11) is 4.41. The third-order valence-electron chi connectivity index (χ3n) is 3.92. The molecule has 0 atom stereocenters. The molecule has 0 saturated heterocycles. The van der Waals surface area contributed by atoms with Gasteiger partial charge in [-0.1, -0.05) is 83.6 Å². The summed E-state index contributed by atoms with van der Waals surface area (Å²) in [6.07, 6.45) is 23.3. The van der Waals surface area contributed by atoms with E-state index in [1.165, 1.54) is 88.4 Å². The first-order valence-corrected chi connectivity index (χ1v) is 9.21. The molecule has 128 valence electrons. The van der Waals surface area contributed by atoms with Gasteiger partial charge in [-0.05, 0) is 18.9 Å². The standard InChI is InChI=1S/C19H39N.ClH/c1-4-5-6-7-8-9-10-11-12-13-14-15-16-17-18-19-20(2)3;/h17-18H,4-16,19H2,1-3H3;1H/b18-17+;. The molecule has 1 nitrogen and oxygen atoms in total. The van der Waals surface area contributed by atoms with Gasteiger partial charge >= 0.3 is 0 Å². The van der Waals surface area contributed by atoms with Gasteiger partial charge in [0.1, 0.15) is 0 Å². The van der Waals surface area contributed by atoms with Crippen LogP contribution in [-0.4, -0.2) is 20.6 Å². The molecule has 0 radical (unpaired) electrons. The highest BCUT2D eigenvalue weighted by atomic mass is 35.5. The third kappa shape index (κ3) is 22.4. The van der Waals surface area contributed by atoms with Gasteiger partial charge in [0.05, 0.1) is 20.6 Å². The quantitative estimate of drug-likeness (QED) is 0.347. The maximum absolute atomic E-state index is 2.36. The van der Waals surface area contributed by atoms with Crippen LogP contribution >= 0.6 is 0 Å². The molecule has 0 aliphatic carbocycles. The lowest BCUT2D eigenvalue weighted by Crippen LogP contribution is -3.05. The van der Waals surface area contributed by atoms with Crippen molar-refractivity contribution in [1.29, 1.82) is 0 Å². The van der Waals surface area contributed by atoms with E-state index < -0.39 is 0 Å². The number of rotatable bonds is 15. The predicted octanol–water partition coefficient (Wildman–Crippen LogP) is 1.78. The smallest absolute Gasteiger partial charge is 0.0953 e. The molecule has 1 N–H and O–H groups in total. The molecule has 0 spiro atoms. The molecule has 21 heavy (non-hydrogen) atoms. The lowest BCUT2D eigenvalue weighted by molar-refractivity contribution is -0.851. The van der Waals surface area contributed by atoms with E-state index in [-0.39, 0.29) is 12.4 Å². The normalized spacial score (nSPS) is 11.2. The zero-order valence-electron chi connectivity index (χ0n) is 14.9. The van der Waals surface area contributed by atoms with Gasteiger partial charge in [0.25, 0.3) is 0 Å². The molecule has 0 heterocycles. The molecular formula is C19H40ClN. The van der Waals surface area contributed by atoms with Crippen molar-refractivity contribution in [3.05, 3.63) is 12.2 Å². The first-order valence-electron chi connectivity index (χ1n) is 9.21. The van der Waals surface area contributed by atoms with E-state index in [4.69, 9.17) is 0 Å². The summed E-state index contributed by atoms with van der Waals surface area (Å²) in [5, 5.41) is 0. The predicted molar refractivity (Wildman–Crippen MR) is 92.5 cm³/mol. The van der Waals surface area contributed by atoms with Crippen LogP contribution in [0.4, 0.5) is 0 Å². The Morgan fingerprint density at radius 3 is 1.48 bits per heavy atom. The maximum atomic E-state index is 2.36. The molecule has 0 amide bonds. The number of hydrogen-bond donors (Lipinski definition) is 1. The summed E-state index contributed by atoms with van der Waals surface area (Å²) < 4.78 is 0. The summed E-state index contributed by atoms with van der Waals surface area (Å²) in [6, 6.07) is 0. The first-order chi connectivity index (χ1) is 9.77. The molecule has 0 unspecified atom stereocenters. The molecule has 0 saturated carbocycles. The highest BCUT2D eigenvalue weighted by Gasteiger charge is 1.93. The van der Waals surface area contributed by atoms with Gasteiger partial charge in [0, 0.05) is 0 Å². The number of nitrogens with one attached hydrogen (secondary N) is 1.